The molecule has 0 unspecified atom stereocenters. The van der Waals surface area contributed by atoms with Crippen LogP contribution in [0.5, 0.6) is 0 Å². The smallest absolute Gasteiger partial charge is 0.337 e. The second-order valence-electron chi connectivity index (χ2n) is 6.98. The van der Waals surface area contributed by atoms with Crippen molar-refractivity contribution in [2.45, 2.75) is 41.5 Å². The predicted octanol–water partition coefficient (Wildman–Crippen LogP) is 2.26. The summed E-state index contributed by atoms with van der Waals surface area (Å²) in [5.41, 5.74) is 3.96. The number of hydrogen-bond acceptors (Lipinski definition) is 8. The molecule has 2 N–H and O–H groups in total. The lowest BCUT2D eigenvalue weighted by molar-refractivity contribution is -0.162. The zero-order valence-corrected chi connectivity index (χ0v) is 15.6. The van der Waals surface area contributed by atoms with Crippen molar-refractivity contribution in [2.24, 2.45) is 16.6 Å². The van der Waals surface area contributed by atoms with Crippen LogP contribution in [0.1, 0.15) is 41.5 Å². The summed E-state index contributed by atoms with van der Waals surface area (Å²) in [5, 5.41) is 0. The molecule has 0 heterocycles. The highest BCUT2D eigenvalue weighted by Crippen LogP contribution is 2.47. The molecule has 136 valence electrons. The van der Waals surface area contributed by atoms with E-state index in [2.05, 4.69) is 0 Å². The Labute approximate surface area is 137 Å². The second-order valence-corrected chi connectivity index (χ2v) is 9.17. The van der Waals surface area contributed by atoms with Gasteiger partial charge in [-0.1, -0.05) is 0 Å². The van der Waals surface area contributed by atoms with Crippen LogP contribution in [0.25, 0.3) is 0 Å². The number of hydrogen-bond donors (Lipinski definition) is 1. The van der Waals surface area contributed by atoms with Crippen molar-refractivity contribution in [3.05, 3.63) is 0 Å². The van der Waals surface area contributed by atoms with Gasteiger partial charge >= 0.3 is 19.5 Å². The minimum absolute atomic E-state index is 0.0394. The SMILES string of the molecule is CC(C)(C)C(=O)OCOP(=O)(CCN)OCOC(=O)C(C)(C)C. The molecule has 0 atom stereocenters. The van der Waals surface area contributed by atoms with Gasteiger partial charge in [-0.2, -0.15) is 0 Å². The minimum Gasteiger partial charge on any atom is -0.438 e. The van der Waals surface area contributed by atoms with Crippen LogP contribution >= 0.6 is 7.60 Å². The summed E-state index contributed by atoms with van der Waals surface area (Å²) in [6.45, 7) is 9.05. The van der Waals surface area contributed by atoms with Gasteiger partial charge in [-0.3, -0.25) is 23.2 Å². The van der Waals surface area contributed by atoms with Crippen LogP contribution in [0.3, 0.4) is 0 Å². The van der Waals surface area contributed by atoms with Crippen molar-refractivity contribution in [3.8, 4) is 0 Å². The molecule has 0 aliphatic rings. The van der Waals surface area contributed by atoms with E-state index in [4.69, 9.17) is 24.3 Å². The fourth-order valence-corrected chi connectivity index (χ4v) is 2.15. The number of esters is 2. The lowest BCUT2D eigenvalue weighted by Gasteiger charge is -2.21. The van der Waals surface area contributed by atoms with Crippen LogP contribution in [-0.4, -0.2) is 38.2 Å². The number of carbonyl (C=O) groups is 2. The molecule has 0 fully saturated rings. The third kappa shape index (κ3) is 9.05. The summed E-state index contributed by atoms with van der Waals surface area (Å²) in [6, 6.07) is 0. The Morgan fingerprint density at radius 2 is 1.22 bits per heavy atom. The van der Waals surface area contributed by atoms with Crippen LogP contribution in [0.15, 0.2) is 0 Å². The van der Waals surface area contributed by atoms with E-state index >= 15 is 0 Å². The average Bonchev–Trinajstić information content (AvgIpc) is 2.36. The lowest BCUT2D eigenvalue weighted by atomic mass is 9.98. The van der Waals surface area contributed by atoms with Crippen molar-refractivity contribution in [1.82, 2.24) is 0 Å². The maximum absolute atomic E-state index is 12.4. The quantitative estimate of drug-likeness (QED) is 0.401. The van der Waals surface area contributed by atoms with E-state index in [0.29, 0.717) is 0 Å². The summed E-state index contributed by atoms with van der Waals surface area (Å²) in [5.74, 6) is -1.01. The van der Waals surface area contributed by atoms with E-state index in [0.717, 1.165) is 0 Å². The fourth-order valence-electron chi connectivity index (χ4n) is 1.08. The van der Waals surface area contributed by atoms with E-state index < -0.39 is 44.0 Å². The number of rotatable bonds is 8. The van der Waals surface area contributed by atoms with Gasteiger partial charge in [0, 0.05) is 6.54 Å². The van der Waals surface area contributed by atoms with Gasteiger partial charge in [-0.05, 0) is 41.5 Å². The molecule has 9 heteroatoms. The second kappa shape index (κ2) is 8.78. The molecule has 0 amide bonds. The van der Waals surface area contributed by atoms with Crippen LogP contribution < -0.4 is 5.73 Å². The topological polar surface area (TPSA) is 114 Å². The highest BCUT2D eigenvalue weighted by molar-refractivity contribution is 7.53. The Bertz CT molecular complexity index is 415. The van der Waals surface area contributed by atoms with Gasteiger partial charge in [-0.15, -0.1) is 0 Å². The Hall–Kier alpha value is -0.950. The molecule has 0 aromatic heterocycles. The third-order valence-electron chi connectivity index (χ3n) is 2.51. The third-order valence-corrected chi connectivity index (χ3v) is 4.31. The molecule has 0 rings (SSSR count). The van der Waals surface area contributed by atoms with Gasteiger partial charge in [0.05, 0.1) is 17.0 Å². The number of ether oxygens (including phenoxy) is 2. The summed E-state index contributed by atoms with van der Waals surface area (Å²) in [7, 11) is -3.62. The molecule has 0 spiro atoms. The first-order valence-corrected chi connectivity index (χ1v) is 8.97. The van der Waals surface area contributed by atoms with Crippen LogP contribution in [0.2, 0.25) is 0 Å². The summed E-state index contributed by atoms with van der Waals surface area (Å²) >= 11 is 0. The lowest BCUT2D eigenvalue weighted by Crippen LogP contribution is -2.25. The average molecular weight is 353 g/mol. The molecule has 0 saturated carbocycles. The largest absolute Gasteiger partial charge is 0.438 e. The van der Waals surface area contributed by atoms with Gasteiger partial charge in [-0.25, -0.2) is 0 Å². The first-order chi connectivity index (χ1) is 10.3. The van der Waals surface area contributed by atoms with Gasteiger partial charge < -0.3 is 15.2 Å². The van der Waals surface area contributed by atoms with Crippen LogP contribution in [-0.2, 0) is 32.7 Å². The molecule has 0 radical (unpaired) electrons. The number of carbonyl (C=O) groups excluding carboxylic acids is 2. The minimum atomic E-state index is -3.62. The first-order valence-electron chi connectivity index (χ1n) is 7.24. The van der Waals surface area contributed by atoms with Gasteiger partial charge in [0.2, 0.25) is 13.6 Å². The monoisotopic (exact) mass is 353 g/mol. The zero-order valence-electron chi connectivity index (χ0n) is 14.7. The standard InChI is InChI=1S/C14H28NO7P/c1-13(2,3)11(16)19-9-21-23(18,8-7-15)22-10-20-12(17)14(4,5)6/h7-10,15H2,1-6H3. The highest BCUT2D eigenvalue weighted by atomic mass is 31.2. The molecule has 0 aromatic rings. The van der Waals surface area contributed by atoms with Gasteiger partial charge in [0.15, 0.2) is 0 Å². The molecule has 23 heavy (non-hydrogen) atoms. The maximum atomic E-state index is 12.4. The summed E-state index contributed by atoms with van der Waals surface area (Å²) in [4.78, 5) is 23.2. The summed E-state index contributed by atoms with van der Waals surface area (Å²) in [6.07, 6.45) is -0.0901. The Morgan fingerprint density at radius 3 is 1.48 bits per heavy atom. The molecule has 8 nitrogen and oxygen atoms in total. The Balaban J connectivity index is 4.43. The molecule has 0 aromatic carbocycles. The van der Waals surface area contributed by atoms with E-state index in [1.165, 1.54) is 0 Å². The van der Waals surface area contributed by atoms with Crippen LogP contribution in [0, 0.1) is 10.8 Å². The highest BCUT2D eigenvalue weighted by Gasteiger charge is 2.29. The van der Waals surface area contributed by atoms with Crippen LogP contribution in [0.4, 0.5) is 0 Å². The Kier molecular flexibility index (Phi) is 8.41. The Morgan fingerprint density at radius 1 is 0.870 bits per heavy atom. The van der Waals surface area contributed by atoms with Gasteiger partial charge in [0.25, 0.3) is 0 Å². The van der Waals surface area contributed by atoms with Crippen molar-refractivity contribution in [3.63, 3.8) is 0 Å². The van der Waals surface area contributed by atoms with E-state index in [1.807, 2.05) is 0 Å². The van der Waals surface area contributed by atoms with Crippen molar-refractivity contribution >= 4 is 19.5 Å². The van der Waals surface area contributed by atoms with Crippen molar-refractivity contribution < 1.29 is 32.7 Å². The molecule has 0 aliphatic carbocycles. The van der Waals surface area contributed by atoms with E-state index in [1.54, 1.807) is 41.5 Å². The van der Waals surface area contributed by atoms with E-state index in [9.17, 15) is 14.2 Å². The molecule has 0 aliphatic heterocycles. The predicted molar refractivity (Wildman–Crippen MR) is 84.5 cm³/mol. The van der Waals surface area contributed by atoms with Crippen molar-refractivity contribution in [2.75, 3.05) is 26.3 Å². The first kappa shape index (κ1) is 22.1. The molecule has 0 bridgehead atoms. The van der Waals surface area contributed by atoms with Crippen molar-refractivity contribution in [1.29, 1.82) is 0 Å². The summed E-state index contributed by atoms with van der Waals surface area (Å²) < 4.78 is 32.1. The maximum Gasteiger partial charge on any atom is 0.337 e. The zero-order chi connectivity index (χ0) is 18.3. The molecular formula is C14H28NO7P. The number of nitrogens with two attached hydrogens (primary N) is 1. The normalized spacial score (nSPS) is 12.8. The fraction of sp³-hybridized carbons (Fsp3) is 0.857. The van der Waals surface area contributed by atoms with E-state index in [-0.39, 0.29) is 12.7 Å². The molecule has 0 saturated heterocycles. The molecular weight excluding hydrogens is 325 g/mol. The van der Waals surface area contributed by atoms with Gasteiger partial charge in [0.1, 0.15) is 0 Å².